The monoisotopic (exact) mass is 565 g/mol. The van der Waals surface area contributed by atoms with Gasteiger partial charge in [0.2, 0.25) is 15.9 Å². The smallest absolute Gasteiger partial charge is 0.247 e. The SMILES string of the molecule is COc1ccc(CC(=O)N(C)[C@H](CN2CCCC2)c2ccccc2)c(S(=O)(=O)N(C)Cc2ccccc2)c1OC. The molecule has 8 nitrogen and oxygen atoms in total. The maximum absolute atomic E-state index is 14.0. The van der Waals surface area contributed by atoms with Crippen LogP contribution < -0.4 is 9.47 Å². The first-order valence-corrected chi connectivity index (χ1v) is 15.0. The van der Waals surface area contributed by atoms with E-state index in [-0.39, 0.29) is 41.3 Å². The summed E-state index contributed by atoms with van der Waals surface area (Å²) in [6.45, 7) is 2.92. The van der Waals surface area contributed by atoms with Crippen LogP contribution in [0.25, 0.3) is 0 Å². The summed E-state index contributed by atoms with van der Waals surface area (Å²) in [5.74, 6) is 0.199. The third-order valence-electron chi connectivity index (χ3n) is 7.51. The van der Waals surface area contributed by atoms with Gasteiger partial charge in [-0.3, -0.25) is 4.79 Å². The van der Waals surface area contributed by atoms with Gasteiger partial charge in [0.15, 0.2) is 11.5 Å². The molecule has 3 aromatic rings. The molecule has 1 aliphatic rings. The average molecular weight is 566 g/mol. The Bertz CT molecular complexity index is 1380. The maximum atomic E-state index is 14.0. The van der Waals surface area contributed by atoms with E-state index in [1.165, 1.54) is 25.6 Å². The molecule has 0 aliphatic carbocycles. The largest absolute Gasteiger partial charge is 0.493 e. The molecule has 0 saturated carbocycles. The van der Waals surface area contributed by atoms with E-state index in [1.54, 1.807) is 24.1 Å². The number of sulfonamides is 1. The van der Waals surface area contributed by atoms with E-state index in [9.17, 15) is 13.2 Å². The number of ether oxygens (including phenoxy) is 2. The minimum Gasteiger partial charge on any atom is -0.493 e. The minimum atomic E-state index is -4.06. The first kappa shape index (κ1) is 29.6. The van der Waals surface area contributed by atoms with Crippen molar-refractivity contribution in [1.82, 2.24) is 14.1 Å². The predicted molar refractivity (Wildman–Crippen MR) is 156 cm³/mol. The normalized spacial score (nSPS) is 14.7. The Balaban J connectivity index is 1.67. The third kappa shape index (κ3) is 6.66. The number of benzene rings is 3. The van der Waals surface area contributed by atoms with E-state index in [2.05, 4.69) is 4.90 Å². The zero-order valence-corrected chi connectivity index (χ0v) is 24.6. The van der Waals surface area contributed by atoms with Crippen LogP contribution in [0.5, 0.6) is 11.5 Å². The standard InChI is InChI=1S/C31H39N3O5S/c1-32(22-24-13-7-5-8-14-24)40(36,37)31-26(17-18-28(38-3)30(31)39-4)21-29(35)33(2)27(23-34-19-11-12-20-34)25-15-9-6-10-16-25/h5-10,13-18,27H,11-12,19-23H2,1-4H3/t27-/m1/s1. The van der Waals surface area contributed by atoms with E-state index < -0.39 is 10.0 Å². The Hall–Kier alpha value is -3.40. The van der Waals surface area contributed by atoms with Crippen LogP contribution in [0.4, 0.5) is 0 Å². The molecule has 0 N–H and O–H groups in total. The summed E-state index contributed by atoms with van der Waals surface area (Å²) < 4.78 is 40.3. The number of carbonyl (C=O) groups is 1. The fourth-order valence-electron chi connectivity index (χ4n) is 5.24. The number of carbonyl (C=O) groups excluding carboxylic acids is 1. The van der Waals surface area contributed by atoms with Crippen LogP contribution in [0, 0.1) is 0 Å². The van der Waals surface area contributed by atoms with Crippen LogP contribution in [0.1, 0.15) is 35.6 Å². The maximum Gasteiger partial charge on any atom is 0.247 e. The second-order valence-corrected chi connectivity index (χ2v) is 12.1. The van der Waals surface area contributed by atoms with Crippen molar-refractivity contribution in [2.24, 2.45) is 0 Å². The molecule has 1 fully saturated rings. The predicted octanol–water partition coefficient (Wildman–Crippen LogP) is 4.36. The lowest BCUT2D eigenvalue weighted by Crippen LogP contribution is -2.39. The van der Waals surface area contributed by atoms with E-state index in [0.29, 0.717) is 5.56 Å². The highest BCUT2D eigenvalue weighted by molar-refractivity contribution is 7.89. The van der Waals surface area contributed by atoms with Gasteiger partial charge in [-0.25, -0.2) is 8.42 Å². The highest BCUT2D eigenvalue weighted by atomic mass is 32.2. The number of likely N-dealkylation sites (N-methyl/N-ethyl adjacent to an activating group) is 1. The molecule has 1 heterocycles. The molecule has 4 rings (SSSR count). The number of rotatable bonds is 12. The number of likely N-dealkylation sites (tertiary alicyclic amines) is 1. The Kier molecular flexibility index (Phi) is 9.84. The molecule has 0 aromatic heterocycles. The van der Waals surface area contributed by atoms with Gasteiger partial charge < -0.3 is 19.3 Å². The lowest BCUT2D eigenvalue weighted by molar-refractivity contribution is -0.131. The van der Waals surface area contributed by atoms with Gasteiger partial charge in [0, 0.05) is 27.2 Å². The van der Waals surface area contributed by atoms with E-state index >= 15 is 0 Å². The minimum absolute atomic E-state index is 0.0506. The van der Waals surface area contributed by atoms with Gasteiger partial charge in [-0.2, -0.15) is 4.31 Å². The fourth-order valence-corrected chi connectivity index (χ4v) is 6.76. The van der Waals surface area contributed by atoms with Crippen LogP contribution in [0.2, 0.25) is 0 Å². The van der Waals surface area contributed by atoms with Crippen molar-refractivity contribution in [3.05, 3.63) is 89.5 Å². The van der Waals surface area contributed by atoms with Gasteiger partial charge in [-0.05, 0) is 48.7 Å². The summed E-state index contributed by atoms with van der Waals surface area (Å²) >= 11 is 0. The molecule has 1 atom stereocenters. The van der Waals surface area contributed by atoms with Gasteiger partial charge in [0.05, 0.1) is 26.7 Å². The lowest BCUT2D eigenvalue weighted by Gasteiger charge is -2.32. The summed E-state index contributed by atoms with van der Waals surface area (Å²) in [6.07, 6.45) is 2.21. The van der Waals surface area contributed by atoms with Gasteiger partial charge >= 0.3 is 0 Å². The Morgan fingerprint density at radius 2 is 1.52 bits per heavy atom. The average Bonchev–Trinajstić information content (AvgIpc) is 3.49. The molecule has 40 heavy (non-hydrogen) atoms. The Labute approximate surface area is 238 Å². The molecule has 214 valence electrons. The van der Waals surface area contributed by atoms with Crippen molar-refractivity contribution in [3.8, 4) is 11.5 Å². The molecule has 0 radical (unpaired) electrons. The topological polar surface area (TPSA) is 79.4 Å². The lowest BCUT2D eigenvalue weighted by atomic mass is 10.0. The zero-order valence-electron chi connectivity index (χ0n) is 23.7. The second kappa shape index (κ2) is 13.3. The summed E-state index contributed by atoms with van der Waals surface area (Å²) in [7, 11) is 2.14. The number of nitrogens with zero attached hydrogens (tertiary/aromatic N) is 3. The van der Waals surface area contributed by atoms with Crippen molar-refractivity contribution in [1.29, 1.82) is 0 Å². The molecule has 1 aliphatic heterocycles. The van der Waals surface area contributed by atoms with Crippen LogP contribution in [0.15, 0.2) is 77.7 Å². The van der Waals surface area contributed by atoms with Crippen molar-refractivity contribution in [2.75, 3.05) is 47.9 Å². The van der Waals surface area contributed by atoms with Gasteiger partial charge in [0.25, 0.3) is 0 Å². The molecule has 1 saturated heterocycles. The number of hydrogen-bond donors (Lipinski definition) is 0. The fraction of sp³-hybridized carbons (Fsp3) is 0.387. The zero-order chi connectivity index (χ0) is 28.7. The summed E-state index contributed by atoms with van der Waals surface area (Å²) in [5, 5.41) is 0. The third-order valence-corrected chi connectivity index (χ3v) is 9.43. The van der Waals surface area contributed by atoms with Crippen molar-refractivity contribution in [3.63, 3.8) is 0 Å². The van der Waals surface area contributed by atoms with Crippen LogP contribution in [0.3, 0.4) is 0 Å². The van der Waals surface area contributed by atoms with Crippen LogP contribution >= 0.6 is 0 Å². The number of hydrogen-bond acceptors (Lipinski definition) is 6. The van der Waals surface area contributed by atoms with Gasteiger partial charge in [-0.15, -0.1) is 0 Å². The highest BCUT2D eigenvalue weighted by Crippen LogP contribution is 2.39. The molecular formula is C31H39N3O5S. The first-order valence-electron chi connectivity index (χ1n) is 13.5. The van der Waals surface area contributed by atoms with E-state index in [0.717, 1.165) is 43.6 Å². The molecule has 0 unspecified atom stereocenters. The van der Waals surface area contributed by atoms with Crippen LogP contribution in [-0.2, 0) is 27.8 Å². The number of amides is 1. The van der Waals surface area contributed by atoms with Crippen molar-refractivity contribution < 1.29 is 22.7 Å². The summed E-state index contributed by atoms with van der Waals surface area (Å²) in [4.78, 5) is 17.9. The number of methoxy groups -OCH3 is 2. The van der Waals surface area contributed by atoms with E-state index in [1.807, 2.05) is 60.7 Å². The molecule has 0 bridgehead atoms. The molecular weight excluding hydrogens is 526 g/mol. The van der Waals surface area contributed by atoms with E-state index in [4.69, 9.17) is 9.47 Å². The molecule has 0 spiro atoms. The Morgan fingerprint density at radius 1 is 0.900 bits per heavy atom. The quantitative estimate of drug-likeness (QED) is 0.325. The Morgan fingerprint density at radius 3 is 2.12 bits per heavy atom. The van der Waals surface area contributed by atoms with Gasteiger partial charge in [0.1, 0.15) is 4.90 Å². The highest BCUT2D eigenvalue weighted by Gasteiger charge is 2.33. The molecule has 1 amide bonds. The first-order chi connectivity index (χ1) is 19.3. The van der Waals surface area contributed by atoms with Crippen molar-refractivity contribution >= 4 is 15.9 Å². The van der Waals surface area contributed by atoms with Crippen LogP contribution in [-0.4, -0.2) is 76.4 Å². The molecule has 9 heteroatoms. The summed E-state index contributed by atoms with van der Waals surface area (Å²) in [5.41, 5.74) is 2.26. The summed E-state index contributed by atoms with van der Waals surface area (Å²) in [6, 6.07) is 22.5. The second-order valence-electron chi connectivity index (χ2n) is 10.2. The van der Waals surface area contributed by atoms with Gasteiger partial charge in [-0.1, -0.05) is 66.7 Å². The van der Waals surface area contributed by atoms with Crippen molar-refractivity contribution in [2.45, 2.75) is 36.7 Å². The molecule has 3 aromatic carbocycles.